The lowest BCUT2D eigenvalue weighted by Crippen LogP contribution is -2.34. The second kappa shape index (κ2) is 7.49. The molecule has 1 amide bonds. The van der Waals surface area contributed by atoms with Gasteiger partial charge in [-0.1, -0.05) is 36.4 Å². The van der Waals surface area contributed by atoms with Gasteiger partial charge < -0.3 is 15.0 Å². The normalized spacial score (nSPS) is 15.9. The van der Waals surface area contributed by atoms with Gasteiger partial charge in [0.05, 0.1) is 0 Å². The Labute approximate surface area is 143 Å². The van der Waals surface area contributed by atoms with Gasteiger partial charge in [-0.15, -0.1) is 0 Å². The highest BCUT2D eigenvalue weighted by Gasteiger charge is 2.23. The lowest BCUT2D eigenvalue weighted by Gasteiger charge is -2.20. The van der Waals surface area contributed by atoms with Gasteiger partial charge in [-0.25, -0.2) is 0 Å². The van der Waals surface area contributed by atoms with Crippen molar-refractivity contribution in [2.45, 2.75) is 25.9 Å². The molecule has 4 heteroatoms. The van der Waals surface area contributed by atoms with Crippen molar-refractivity contribution in [2.75, 3.05) is 25.5 Å². The van der Waals surface area contributed by atoms with E-state index in [1.54, 1.807) is 0 Å². The van der Waals surface area contributed by atoms with Crippen LogP contribution in [0.3, 0.4) is 0 Å². The van der Waals surface area contributed by atoms with Gasteiger partial charge in [-0.2, -0.15) is 0 Å². The summed E-state index contributed by atoms with van der Waals surface area (Å²) < 4.78 is 5.95. The summed E-state index contributed by atoms with van der Waals surface area (Å²) in [6.07, 6.45) is 1.59. The van der Waals surface area contributed by atoms with Crippen molar-refractivity contribution in [2.24, 2.45) is 0 Å². The molecular formula is C20H24N2O2. The molecule has 0 aliphatic carbocycles. The fraction of sp³-hybridized carbons (Fsp3) is 0.350. The van der Waals surface area contributed by atoms with Crippen molar-refractivity contribution < 1.29 is 9.53 Å². The molecule has 0 aromatic heterocycles. The number of hydrogen-bond acceptors (Lipinski definition) is 3. The van der Waals surface area contributed by atoms with Crippen molar-refractivity contribution >= 4 is 11.6 Å². The summed E-state index contributed by atoms with van der Waals surface area (Å²) >= 11 is 0. The van der Waals surface area contributed by atoms with Crippen LogP contribution in [0.4, 0.5) is 5.69 Å². The number of nitrogens with zero attached hydrogens (tertiary/aromatic N) is 1. The minimum Gasteiger partial charge on any atom is -0.488 e. The molecular weight excluding hydrogens is 300 g/mol. The third-order valence-electron chi connectivity index (χ3n) is 4.37. The van der Waals surface area contributed by atoms with E-state index < -0.39 is 0 Å². The Morgan fingerprint density at radius 1 is 1.21 bits per heavy atom. The van der Waals surface area contributed by atoms with E-state index in [-0.39, 0.29) is 12.0 Å². The Morgan fingerprint density at radius 2 is 1.96 bits per heavy atom. The summed E-state index contributed by atoms with van der Waals surface area (Å²) in [4.78, 5) is 14.3. The molecule has 0 saturated heterocycles. The molecule has 0 bridgehead atoms. The third-order valence-corrected chi connectivity index (χ3v) is 4.37. The van der Waals surface area contributed by atoms with Gasteiger partial charge in [0, 0.05) is 31.6 Å². The van der Waals surface area contributed by atoms with Crippen molar-refractivity contribution in [3.05, 3.63) is 59.7 Å². The minimum atomic E-state index is 0.0479. The van der Waals surface area contributed by atoms with Crippen molar-refractivity contribution in [1.29, 1.82) is 0 Å². The quantitative estimate of drug-likeness (QED) is 0.887. The number of carbonyl (C=O) groups excluding carboxylic acids is 1. The zero-order valence-electron chi connectivity index (χ0n) is 14.3. The molecule has 3 rings (SSSR count). The number of para-hydroxylation sites is 2. The highest BCUT2D eigenvalue weighted by Crippen LogP contribution is 2.28. The molecule has 4 nitrogen and oxygen atoms in total. The number of aryl methyl sites for hydroxylation is 1. The molecule has 1 aliphatic rings. The average Bonchev–Trinajstić information content (AvgIpc) is 2.97. The molecule has 2 aromatic rings. The van der Waals surface area contributed by atoms with Gasteiger partial charge in [0.25, 0.3) is 0 Å². The number of anilines is 1. The maximum Gasteiger partial charge on any atom is 0.225 e. The predicted octanol–water partition coefficient (Wildman–Crippen LogP) is 3.26. The SMILES string of the molecule is Cc1ccccc1NC(=O)CCN(C)CC1Cc2ccccc2O1. The molecule has 1 heterocycles. The van der Waals surface area contributed by atoms with E-state index in [0.29, 0.717) is 13.0 Å². The molecule has 126 valence electrons. The number of ether oxygens (including phenoxy) is 1. The van der Waals surface area contributed by atoms with E-state index in [2.05, 4.69) is 16.3 Å². The highest BCUT2D eigenvalue weighted by molar-refractivity contribution is 5.91. The molecule has 24 heavy (non-hydrogen) atoms. The van der Waals surface area contributed by atoms with Crippen LogP contribution in [0.25, 0.3) is 0 Å². The zero-order valence-corrected chi connectivity index (χ0v) is 14.3. The van der Waals surface area contributed by atoms with Crippen LogP contribution in [0.15, 0.2) is 48.5 Å². The van der Waals surface area contributed by atoms with Crippen molar-refractivity contribution in [3.63, 3.8) is 0 Å². The molecule has 0 saturated carbocycles. The van der Waals surface area contributed by atoms with Gasteiger partial charge in [0.15, 0.2) is 0 Å². The lowest BCUT2D eigenvalue weighted by atomic mass is 10.1. The van der Waals surface area contributed by atoms with Gasteiger partial charge in [-0.05, 0) is 37.2 Å². The van der Waals surface area contributed by atoms with Crippen molar-refractivity contribution in [1.82, 2.24) is 4.90 Å². The lowest BCUT2D eigenvalue weighted by molar-refractivity contribution is -0.116. The Hall–Kier alpha value is -2.33. The van der Waals surface area contributed by atoms with Crippen LogP contribution in [0, 0.1) is 6.92 Å². The summed E-state index contributed by atoms with van der Waals surface area (Å²) in [6, 6.07) is 16.0. The van der Waals surface area contributed by atoms with Crippen LogP contribution in [-0.2, 0) is 11.2 Å². The van der Waals surface area contributed by atoms with E-state index in [9.17, 15) is 4.79 Å². The maximum absolute atomic E-state index is 12.1. The smallest absolute Gasteiger partial charge is 0.225 e. The summed E-state index contributed by atoms with van der Waals surface area (Å²) in [5.74, 6) is 1.04. The molecule has 2 aromatic carbocycles. The molecule has 1 aliphatic heterocycles. The number of fused-ring (bicyclic) bond motifs is 1. The van der Waals surface area contributed by atoms with Gasteiger partial charge in [0.2, 0.25) is 5.91 Å². The highest BCUT2D eigenvalue weighted by atomic mass is 16.5. The number of carbonyl (C=O) groups is 1. The standard InChI is InChI=1S/C20H24N2O2/c1-15-7-3-5-9-18(15)21-20(23)11-12-22(2)14-17-13-16-8-4-6-10-19(16)24-17/h3-10,17H,11-14H2,1-2H3,(H,21,23). The molecule has 0 radical (unpaired) electrons. The Balaban J connectivity index is 1.42. The fourth-order valence-electron chi connectivity index (χ4n) is 3.01. The van der Waals surface area contributed by atoms with Crippen molar-refractivity contribution in [3.8, 4) is 5.75 Å². The summed E-state index contributed by atoms with van der Waals surface area (Å²) in [7, 11) is 2.04. The number of amides is 1. The number of rotatable bonds is 6. The van der Waals surface area contributed by atoms with Crippen LogP contribution < -0.4 is 10.1 Å². The second-order valence-corrected chi connectivity index (χ2v) is 6.43. The van der Waals surface area contributed by atoms with E-state index in [0.717, 1.165) is 30.0 Å². The molecule has 1 atom stereocenters. The van der Waals surface area contributed by atoms with Crippen LogP contribution >= 0.6 is 0 Å². The molecule has 1 unspecified atom stereocenters. The number of benzene rings is 2. The van der Waals surface area contributed by atoms with E-state index in [1.165, 1.54) is 5.56 Å². The van der Waals surface area contributed by atoms with Gasteiger partial charge in [0.1, 0.15) is 11.9 Å². The first kappa shape index (κ1) is 16.5. The van der Waals surface area contributed by atoms with Crippen LogP contribution in [0.2, 0.25) is 0 Å². The maximum atomic E-state index is 12.1. The number of likely N-dealkylation sites (N-methyl/N-ethyl adjacent to an activating group) is 1. The predicted molar refractivity (Wildman–Crippen MR) is 96.5 cm³/mol. The summed E-state index contributed by atoms with van der Waals surface area (Å²) in [6.45, 7) is 3.54. The second-order valence-electron chi connectivity index (χ2n) is 6.43. The largest absolute Gasteiger partial charge is 0.488 e. The van der Waals surface area contributed by atoms with Crippen LogP contribution in [-0.4, -0.2) is 37.0 Å². The Morgan fingerprint density at radius 3 is 2.75 bits per heavy atom. The Bertz CT molecular complexity index is 689. The first-order chi connectivity index (χ1) is 11.6. The third kappa shape index (κ3) is 4.15. The molecule has 0 fully saturated rings. The zero-order chi connectivity index (χ0) is 16.9. The van der Waals surface area contributed by atoms with Crippen LogP contribution in [0.5, 0.6) is 5.75 Å². The number of nitrogens with one attached hydrogen (secondary N) is 1. The fourth-order valence-corrected chi connectivity index (χ4v) is 3.01. The minimum absolute atomic E-state index is 0.0479. The number of hydrogen-bond donors (Lipinski definition) is 1. The van der Waals surface area contributed by atoms with Crippen LogP contribution in [0.1, 0.15) is 17.5 Å². The molecule has 0 spiro atoms. The van der Waals surface area contributed by atoms with E-state index in [4.69, 9.17) is 4.74 Å². The summed E-state index contributed by atoms with van der Waals surface area (Å²) in [5, 5.41) is 2.98. The topological polar surface area (TPSA) is 41.6 Å². The van der Waals surface area contributed by atoms with Gasteiger partial charge >= 0.3 is 0 Å². The first-order valence-electron chi connectivity index (χ1n) is 8.40. The average molecular weight is 324 g/mol. The molecule has 1 N–H and O–H groups in total. The summed E-state index contributed by atoms with van der Waals surface area (Å²) in [5.41, 5.74) is 3.24. The monoisotopic (exact) mass is 324 g/mol. The van der Waals surface area contributed by atoms with E-state index >= 15 is 0 Å². The Kier molecular flexibility index (Phi) is 5.16. The van der Waals surface area contributed by atoms with Gasteiger partial charge in [-0.3, -0.25) is 4.79 Å². The van der Waals surface area contributed by atoms with E-state index in [1.807, 2.05) is 56.4 Å². The first-order valence-corrected chi connectivity index (χ1v) is 8.40.